The maximum atomic E-state index is 9.72. The molecule has 0 aliphatic carbocycles. The van der Waals surface area contributed by atoms with Gasteiger partial charge in [0.25, 0.3) is 0 Å². The fourth-order valence-corrected chi connectivity index (χ4v) is 3.15. The standard InChI is InChI=1S/C15H15Br2NO3/c1-20-10-3-4-14(21-2)13(7-10)18-8-9-5-11(16)15(19)12(17)6-9/h3-7,18-19H,8H2,1-2H3. The number of ether oxygens (including phenoxy) is 2. The van der Waals surface area contributed by atoms with Crippen molar-refractivity contribution in [2.24, 2.45) is 0 Å². The number of benzene rings is 2. The van der Waals surface area contributed by atoms with Crippen molar-refractivity contribution in [2.45, 2.75) is 6.54 Å². The van der Waals surface area contributed by atoms with E-state index in [1.165, 1.54) is 0 Å². The summed E-state index contributed by atoms with van der Waals surface area (Å²) in [6, 6.07) is 9.30. The van der Waals surface area contributed by atoms with Gasteiger partial charge in [-0.2, -0.15) is 0 Å². The van der Waals surface area contributed by atoms with Crippen LogP contribution in [0.1, 0.15) is 5.56 Å². The van der Waals surface area contributed by atoms with Crippen molar-refractivity contribution in [3.63, 3.8) is 0 Å². The van der Waals surface area contributed by atoms with Crippen LogP contribution in [0.25, 0.3) is 0 Å². The molecule has 0 saturated carbocycles. The summed E-state index contributed by atoms with van der Waals surface area (Å²) < 4.78 is 11.8. The number of anilines is 1. The van der Waals surface area contributed by atoms with Crippen molar-refractivity contribution < 1.29 is 14.6 Å². The van der Waals surface area contributed by atoms with Crippen molar-refractivity contribution in [1.29, 1.82) is 0 Å². The first-order chi connectivity index (χ1) is 10.0. The van der Waals surface area contributed by atoms with Gasteiger partial charge in [0.05, 0.1) is 28.9 Å². The topological polar surface area (TPSA) is 50.7 Å². The van der Waals surface area contributed by atoms with E-state index >= 15 is 0 Å². The number of hydrogen-bond acceptors (Lipinski definition) is 4. The number of aromatic hydroxyl groups is 1. The Bertz CT molecular complexity index is 624. The Balaban J connectivity index is 2.19. The lowest BCUT2D eigenvalue weighted by Gasteiger charge is -2.13. The molecule has 2 aromatic carbocycles. The zero-order chi connectivity index (χ0) is 15.4. The summed E-state index contributed by atoms with van der Waals surface area (Å²) in [4.78, 5) is 0. The van der Waals surface area contributed by atoms with Crippen molar-refractivity contribution in [3.8, 4) is 17.2 Å². The van der Waals surface area contributed by atoms with Crippen molar-refractivity contribution in [3.05, 3.63) is 44.8 Å². The molecule has 112 valence electrons. The predicted molar refractivity (Wildman–Crippen MR) is 90.4 cm³/mol. The minimum atomic E-state index is 0.192. The van der Waals surface area contributed by atoms with E-state index in [1.807, 2.05) is 30.3 Å². The van der Waals surface area contributed by atoms with Crippen LogP contribution in [0.3, 0.4) is 0 Å². The molecule has 4 nitrogen and oxygen atoms in total. The number of phenolic OH excluding ortho intramolecular Hbond substituents is 1. The highest BCUT2D eigenvalue weighted by atomic mass is 79.9. The molecule has 0 aromatic heterocycles. The molecule has 2 rings (SSSR count). The monoisotopic (exact) mass is 415 g/mol. The van der Waals surface area contributed by atoms with Crippen LogP contribution < -0.4 is 14.8 Å². The van der Waals surface area contributed by atoms with Crippen molar-refractivity contribution >= 4 is 37.5 Å². The Morgan fingerprint density at radius 1 is 1.05 bits per heavy atom. The molecule has 0 heterocycles. The Morgan fingerprint density at radius 3 is 2.29 bits per heavy atom. The van der Waals surface area contributed by atoms with Crippen LogP contribution in [0, 0.1) is 0 Å². The SMILES string of the molecule is COc1ccc(OC)c(NCc2cc(Br)c(O)c(Br)c2)c1. The molecule has 0 bridgehead atoms. The quantitative estimate of drug-likeness (QED) is 0.750. The first kappa shape index (κ1) is 16.0. The van der Waals surface area contributed by atoms with Gasteiger partial charge in [0, 0.05) is 12.6 Å². The highest BCUT2D eigenvalue weighted by Crippen LogP contribution is 2.34. The van der Waals surface area contributed by atoms with Gasteiger partial charge >= 0.3 is 0 Å². The third-order valence-electron chi connectivity index (χ3n) is 2.97. The number of hydrogen-bond donors (Lipinski definition) is 2. The van der Waals surface area contributed by atoms with Gasteiger partial charge in [-0.1, -0.05) is 0 Å². The summed E-state index contributed by atoms with van der Waals surface area (Å²) in [7, 11) is 3.25. The zero-order valence-corrected chi connectivity index (χ0v) is 14.8. The Hall–Kier alpha value is -1.40. The van der Waals surface area contributed by atoms with Crippen LogP contribution in [0.5, 0.6) is 17.2 Å². The van der Waals surface area contributed by atoms with Crippen molar-refractivity contribution in [2.75, 3.05) is 19.5 Å². The summed E-state index contributed by atoms with van der Waals surface area (Å²) in [6.07, 6.45) is 0. The Labute approximate surface area is 140 Å². The second-order valence-corrected chi connectivity index (χ2v) is 6.04. The minimum Gasteiger partial charge on any atom is -0.506 e. The second kappa shape index (κ2) is 7.04. The third kappa shape index (κ3) is 3.83. The smallest absolute Gasteiger partial charge is 0.143 e. The van der Waals surface area contributed by atoms with Gasteiger partial charge in [-0.3, -0.25) is 0 Å². The van der Waals surface area contributed by atoms with Crippen LogP contribution in [-0.2, 0) is 6.54 Å². The Kier molecular flexibility index (Phi) is 5.36. The molecule has 6 heteroatoms. The van der Waals surface area contributed by atoms with Crippen LogP contribution in [0.15, 0.2) is 39.3 Å². The highest BCUT2D eigenvalue weighted by Gasteiger charge is 2.08. The number of nitrogens with one attached hydrogen (secondary N) is 1. The fourth-order valence-electron chi connectivity index (χ4n) is 1.87. The summed E-state index contributed by atoms with van der Waals surface area (Å²) in [5.74, 6) is 1.69. The van der Waals surface area contributed by atoms with Gasteiger partial charge < -0.3 is 19.9 Å². The van der Waals surface area contributed by atoms with Crippen LogP contribution >= 0.6 is 31.9 Å². The summed E-state index contributed by atoms with van der Waals surface area (Å²) in [5.41, 5.74) is 1.86. The fraction of sp³-hybridized carbons (Fsp3) is 0.200. The first-order valence-corrected chi connectivity index (χ1v) is 7.76. The van der Waals surface area contributed by atoms with E-state index in [9.17, 15) is 5.11 Å². The maximum Gasteiger partial charge on any atom is 0.143 e. The molecule has 0 fully saturated rings. The first-order valence-electron chi connectivity index (χ1n) is 6.18. The van der Waals surface area contributed by atoms with Crippen LogP contribution in [0.4, 0.5) is 5.69 Å². The summed E-state index contributed by atoms with van der Waals surface area (Å²) in [6.45, 7) is 0.584. The summed E-state index contributed by atoms with van der Waals surface area (Å²) in [5, 5.41) is 13.0. The molecule has 0 radical (unpaired) electrons. The number of halogens is 2. The molecule has 2 N–H and O–H groups in total. The lowest BCUT2D eigenvalue weighted by molar-refractivity contribution is 0.404. The maximum absolute atomic E-state index is 9.72. The number of rotatable bonds is 5. The van der Waals surface area contributed by atoms with E-state index in [0.29, 0.717) is 15.5 Å². The van der Waals surface area contributed by atoms with E-state index in [2.05, 4.69) is 37.2 Å². The Morgan fingerprint density at radius 2 is 1.71 bits per heavy atom. The average Bonchev–Trinajstić information content (AvgIpc) is 2.50. The number of phenols is 1. The second-order valence-electron chi connectivity index (χ2n) is 4.33. The van der Waals surface area contributed by atoms with E-state index in [1.54, 1.807) is 14.2 Å². The molecular formula is C15H15Br2NO3. The summed E-state index contributed by atoms with van der Waals surface area (Å²) >= 11 is 6.64. The van der Waals surface area contributed by atoms with Gasteiger partial charge in [0.1, 0.15) is 17.2 Å². The van der Waals surface area contributed by atoms with Gasteiger partial charge in [-0.25, -0.2) is 0 Å². The van der Waals surface area contributed by atoms with E-state index in [-0.39, 0.29) is 5.75 Å². The van der Waals surface area contributed by atoms with E-state index in [4.69, 9.17) is 9.47 Å². The van der Waals surface area contributed by atoms with E-state index in [0.717, 1.165) is 22.7 Å². The van der Waals surface area contributed by atoms with Gasteiger partial charge in [-0.15, -0.1) is 0 Å². The van der Waals surface area contributed by atoms with Gasteiger partial charge in [0.15, 0.2) is 0 Å². The molecule has 0 aliphatic rings. The normalized spacial score (nSPS) is 10.3. The molecule has 0 atom stereocenters. The molecule has 0 aliphatic heterocycles. The molecule has 2 aromatic rings. The average molecular weight is 417 g/mol. The minimum absolute atomic E-state index is 0.192. The zero-order valence-electron chi connectivity index (χ0n) is 11.6. The molecule has 21 heavy (non-hydrogen) atoms. The largest absolute Gasteiger partial charge is 0.506 e. The molecular weight excluding hydrogens is 402 g/mol. The number of methoxy groups -OCH3 is 2. The highest BCUT2D eigenvalue weighted by molar-refractivity contribution is 9.11. The van der Waals surface area contributed by atoms with Crippen molar-refractivity contribution in [1.82, 2.24) is 0 Å². The molecule has 0 unspecified atom stereocenters. The van der Waals surface area contributed by atoms with E-state index < -0.39 is 0 Å². The van der Waals surface area contributed by atoms with Crippen LogP contribution in [0.2, 0.25) is 0 Å². The molecule has 0 spiro atoms. The lowest BCUT2D eigenvalue weighted by atomic mass is 10.2. The molecule has 0 amide bonds. The van der Waals surface area contributed by atoms with Gasteiger partial charge in [-0.05, 0) is 61.7 Å². The van der Waals surface area contributed by atoms with Gasteiger partial charge in [0.2, 0.25) is 0 Å². The van der Waals surface area contributed by atoms with Crippen LogP contribution in [-0.4, -0.2) is 19.3 Å². The molecule has 0 saturated heterocycles. The lowest BCUT2D eigenvalue weighted by Crippen LogP contribution is -2.02. The third-order valence-corrected chi connectivity index (χ3v) is 4.18. The predicted octanol–water partition coefficient (Wildman–Crippen LogP) is 4.55.